The molecule has 0 amide bonds. The molecule has 0 fully saturated rings. The Balaban J connectivity index is 1.90. The van der Waals surface area contributed by atoms with Crippen molar-refractivity contribution in [2.75, 3.05) is 0 Å². The molecule has 3 rings (SSSR count). The van der Waals surface area contributed by atoms with Crippen LogP contribution in [0, 0.1) is 0 Å². The average molecular weight is 316 g/mol. The van der Waals surface area contributed by atoms with Crippen LogP contribution in [0.15, 0.2) is 51.4 Å². The number of aromatic nitrogens is 1. The summed E-state index contributed by atoms with van der Waals surface area (Å²) in [6.07, 6.45) is 1.74. The maximum atomic E-state index is 5.78. The van der Waals surface area contributed by atoms with Crippen molar-refractivity contribution in [2.24, 2.45) is 0 Å². The first-order chi connectivity index (χ1) is 9.24. The standard InChI is InChI=1S/C16H14BrNO/c1-2-11-5-8-15-14(9-11)18-16(19-15)10-12-3-6-13(17)7-4-12/h3-9H,2,10H2,1H3. The lowest BCUT2D eigenvalue weighted by Gasteiger charge is -1.96. The monoisotopic (exact) mass is 315 g/mol. The molecule has 0 atom stereocenters. The second kappa shape index (κ2) is 5.17. The summed E-state index contributed by atoms with van der Waals surface area (Å²) in [5, 5.41) is 0. The summed E-state index contributed by atoms with van der Waals surface area (Å²) in [6.45, 7) is 2.14. The van der Waals surface area contributed by atoms with Crippen molar-refractivity contribution in [3.05, 3.63) is 64.0 Å². The van der Waals surface area contributed by atoms with Gasteiger partial charge in [0.2, 0.25) is 0 Å². The Kier molecular flexibility index (Phi) is 3.38. The van der Waals surface area contributed by atoms with E-state index in [1.807, 2.05) is 18.2 Å². The van der Waals surface area contributed by atoms with E-state index in [2.05, 4.69) is 52.1 Å². The van der Waals surface area contributed by atoms with Crippen molar-refractivity contribution in [1.82, 2.24) is 4.98 Å². The molecular weight excluding hydrogens is 302 g/mol. The van der Waals surface area contributed by atoms with Gasteiger partial charge in [-0.2, -0.15) is 0 Å². The van der Waals surface area contributed by atoms with Crippen molar-refractivity contribution in [3.63, 3.8) is 0 Å². The molecule has 0 unspecified atom stereocenters. The van der Waals surface area contributed by atoms with Crippen LogP contribution in [0.2, 0.25) is 0 Å². The second-order valence-corrected chi connectivity index (χ2v) is 5.48. The topological polar surface area (TPSA) is 26.0 Å². The molecule has 19 heavy (non-hydrogen) atoms. The van der Waals surface area contributed by atoms with Crippen LogP contribution in [-0.4, -0.2) is 4.98 Å². The number of hydrogen-bond acceptors (Lipinski definition) is 2. The summed E-state index contributed by atoms with van der Waals surface area (Å²) in [4.78, 5) is 4.56. The van der Waals surface area contributed by atoms with Crippen LogP contribution < -0.4 is 0 Å². The zero-order valence-corrected chi connectivity index (χ0v) is 12.3. The maximum absolute atomic E-state index is 5.78. The summed E-state index contributed by atoms with van der Waals surface area (Å²) in [7, 11) is 0. The normalized spacial score (nSPS) is 11.1. The van der Waals surface area contributed by atoms with Gasteiger partial charge in [-0.1, -0.05) is 41.1 Å². The number of halogens is 1. The minimum absolute atomic E-state index is 0.726. The Hall–Kier alpha value is -1.61. The van der Waals surface area contributed by atoms with Crippen molar-refractivity contribution in [1.29, 1.82) is 0 Å². The van der Waals surface area contributed by atoms with E-state index in [0.29, 0.717) is 0 Å². The van der Waals surface area contributed by atoms with E-state index in [-0.39, 0.29) is 0 Å². The summed E-state index contributed by atoms with van der Waals surface area (Å²) < 4.78 is 6.86. The first-order valence-corrected chi connectivity index (χ1v) is 7.16. The molecule has 1 aromatic heterocycles. The summed E-state index contributed by atoms with van der Waals surface area (Å²) >= 11 is 3.44. The smallest absolute Gasteiger partial charge is 0.199 e. The quantitative estimate of drug-likeness (QED) is 0.697. The molecular formula is C16H14BrNO. The van der Waals surface area contributed by atoms with Crippen LogP contribution >= 0.6 is 15.9 Å². The number of hydrogen-bond donors (Lipinski definition) is 0. The number of fused-ring (bicyclic) bond motifs is 1. The molecule has 2 aromatic carbocycles. The predicted molar refractivity (Wildman–Crippen MR) is 80.3 cm³/mol. The van der Waals surface area contributed by atoms with Crippen molar-refractivity contribution in [3.8, 4) is 0 Å². The number of benzene rings is 2. The molecule has 3 aromatic rings. The first kappa shape index (κ1) is 12.4. The minimum Gasteiger partial charge on any atom is -0.440 e. The lowest BCUT2D eigenvalue weighted by atomic mass is 10.1. The molecule has 2 nitrogen and oxygen atoms in total. The van der Waals surface area contributed by atoms with E-state index in [4.69, 9.17) is 4.42 Å². The highest BCUT2D eigenvalue weighted by Crippen LogP contribution is 2.20. The van der Waals surface area contributed by atoms with Crippen LogP contribution in [0.3, 0.4) is 0 Å². The molecule has 0 spiro atoms. The van der Waals surface area contributed by atoms with Crippen LogP contribution in [0.4, 0.5) is 0 Å². The highest BCUT2D eigenvalue weighted by molar-refractivity contribution is 9.10. The highest BCUT2D eigenvalue weighted by Gasteiger charge is 2.07. The van der Waals surface area contributed by atoms with Crippen molar-refractivity contribution < 1.29 is 4.42 Å². The van der Waals surface area contributed by atoms with Crippen LogP contribution in [0.5, 0.6) is 0 Å². The summed E-state index contributed by atoms with van der Waals surface area (Å²) in [5.41, 5.74) is 4.30. The van der Waals surface area contributed by atoms with E-state index < -0.39 is 0 Å². The van der Waals surface area contributed by atoms with Crippen LogP contribution in [0.25, 0.3) is 11.1 Å². The fourth-order valence-electron chi connectivity index (χ4n) is 2.09. The Morgan fingerprint density at radius 2 is 1.79 bits per heavy atom. The summed E-state index contributed by atoms with van der Waals surface area (Å²) in [6, 6.07) is 14.4. The summed E-state index contributed by atoms with van der Waals surface area (Å²) in [5.74, 6) is 0.769. The van der Waals surface area contributed by atoms with E-state index >= 15 is 0 Å². The van der Waals surface area contributed by atoms with Gasteiger partial charge in [0.1, 0.15) is 5.52 Å². The van der Waals surface area contributed by atoms with E-state index in [9.17, 15) is 0 Å². The van der Waals surface area contributed by atoms with Gasteiger partial charge < -0.3 is 4.42 Å². The molecule has 3 heteroatoms. The fourth-order valence-corrected chi connectivity index (χ4v) is 2.36. The molecule has 0 N–H and O–H groups in total. The SMILES string of the molecule is CCc1ccc2oc(Cc3ccc(Br)cc3)nc2c1. The van der Waals surface area contributed by atoms with Gasteiger partial charge in [-0.15, -0.1) is 0 Å². The zero-order chi connectivity index (χ0) is 13.2. The van der Waals surface area contributed by atoms with Gasteiger partial charge in [-0.3, -0.25) is 0 Å². The van der Waals surface area contributed by atoms with E-state index in [0.717, 1.165) is 34.3 Å². The molecule has 96 valence electrons. The number of nitrogens with zero attached hydrogens (tertiary/aromatic N) is 1. The molecule has 0 aliphatic carbocycles. The number of rotatable bonds is 3. The third kappa shape index (κ3) is 2.71. The third-order valence-electron chi connectivity index (χ3n) is 3.17. The minimum atomic E-state index is 0.726. The first-order valence-electron chi connectivity index (χ1n) is 6.37. The zero-order valence-electron chi connectivity index (χ0n) is 10.7. The van der Waals surface area contributed by atoms with Gasteiger partial charge in [0.25, 0.3) is 0 Å². The molecule has 0 bridgehead atoms. The Labute approximate surface area is 120 Å². The van der Waals surface area contributed by atoms with E-state index in [1.165, 1.54) is 11.1 Å². The molecule has 0 saturated heterocycles. The lowest BCUT2D eigenvalue weighted by Crippen LogP contribution is -1.87. The Morgan fingerprint density at radius 1 is 1.05 bits per heavy atom. The second-order valence-electron chi connectivity index (χ2n) is 4.57. The van der Waals surface area contributed by atoms with Gasteiger partial charge in [0.15, 0.2) is 11.5 Å². The molecule has 1 heterocycles. The lowest BCUT2D eigenvalue weighted by molar-refractivity contribution is 0.544. The highest BCUT2D eigenvalue weighted by atomic mass is 79.9. The van der Waals surface area contributed by atoms with Crippen molar-refractivity contribution in [2.45, 2.75) is 19.8 Å². The Morgan fingerprint density at radius 3 is 2.53 bits per heavy atom. The molecule has 0 aliphatic heterocycles. The average Bonchev–Trinajstić information content (AvgIpc) is 2.82. The Bertz CT molecular complexity index is 700. The van der Waals surface area contributed by atoms with E-state index in [1.54, 1.807) is 0 Å². The third-order valence-corrected chi connectivity index (χ3v) is 3.70. The largest absolute Gasteiger partial charge is 0.440 e. The van der Waals surface area contributed by atoms with Crippen LogP contribution in [-0.2, 0) is 12.8 Å². The van der Waals surface area contributed by atoms with Crippen molar-refractivity contribution >= 4 is 27.0 Å². The number of oxazole rings is 1. The van der Waals surface area contributed by atoms with Gasteiger partial charge in [0.05, 0.1) is 0 Å². The van der Waals surface area contributed by atoms with Gasteiger partial charge in [-0.05, 0) is 41.8 Å². The van der Waals surface area contributed by atoms with Gasteiger partial charge >= 0.3 is 0 Å². The van der Waals surface area contributed by atoms with Gasteiger partial charge in [-0.25, -0.2) is 4.98 Å². The molecule has 0 aliphatic rings. The van der Waals surface area contributed by atoms with Crippen LogP contribution in [0.1, 0.15) is 23.9 Å². The predicted octanol–water partition coefficient (Wildman–Crippen LogP) is 4.74. The molecule has 0 saturated carbocycles. The van der Waals surface area contributed by atoms with Gasteiger partial charge in [0, 0.05) is 10.9 Å². The molecule has 0 radical (unpaired) electrons. The fraction of sp³-hybridized carbons (Fsp3) is 0.188. The maximum Gasteiger partial charge on any atom is 0.199 e. The number of aryl methyl sites for hydroxylation is 1.